The zero-order valence-corrected chi connectivity index (χ0v) is 16.3. The van der Waals surface area contributed by atoms with Crippen LogP contribution in [0.4, 0.5) is 8.78 Å². The van der Waals surface area contributed by atoms with E-state index in [0.717, 1.165) is 49.4 Å². The van der Waals surface area contributed by atoms with Crippen LogP contribution in [0.1, 0.15) is 42.9 Å². The molecule has 0 bridgehead atoms. The molecule has 0 radical (unpaired) electrons. The average molecular weight is 398 g/mol. The standard InChI is InChI=1S/C22H20F2N2OS/c1-13-10-15(11-13)21(27)26-22(9-8-14-4-2-3-5-18(14)22)28-20(25-26)17-12-16(23)6-7-19(17)24/h2-7,12-13,15H,8-11H2,1H3/t13-,15+,22?. The number of thioether (sulfide) groups is 1. The van der Waals surface area contributed by atoms with Gasteiger partial charge in [0.25, 0.3) is 0 Å². The molecule has 0 N–H and O–H groups in total. The Balaban J connectivity index is 1.60. The lowest BCUT2D eigenvalue weighted by atomic mass is 9.75. The fourth-order valence-corrected chi connectivity index (χ4v) is 5.99. The number of hydrogen-bond acceptors (Lipinski definition) is 3. The van der Waals surface area contributed by atoms with Gasteiger partial charge in [0, 0.05) is 11.5 Å². The van der Waals surface area contributed by atoms with Gasteiger partial charge in [0.1, 0.15) is 21.5 Å². The van der Waals surface area contributed by atoms with Crippen molar-refractivity contribution in [3.8, 4) is 0 Å². The predicted molar refractivity (Wildman–Crippen MR) is 106 cm³/mol. The third-order valence-electron chi connectivity index (χ3n) is 6.06. The van der Waals surface area contributed by atoms with Gasteiger partial charge in [0.15, 0.2) is 0 Å². The first kappa shape index (κ1) is 17.9. The molecule has 1 atom stereocenters. The van der Waals surface area contributed by atoms with Gasteiger partial charge in [-0.1, -0.05) is 43.0 Å². The van der Waals surface area contributed by atoms with Crippen LogP contribution in [-0.2, 0) is 16.1 Å². The quantitative estimate of drug-likeness (QED) is 0.709. The zero-order chi connectivity index (χ0) is 19.5. The Hall–Kier alpha value is -2.21. The van der Waals surface area contributed by atoms with Crippen molar-refractivity contribution in [3.63, 3.8) is 0 Å². The number of rotatable bonds is 2. The van der Waals surface area contributed by atoms with Crippen LogP contribution < -0.4 is 0 Å². The van der Waals surface area contributed by atoms with Crippen molar-refractivity contribution in [2.45, 2.75) is 37.5 Å². The van der Waals surface area contributed by atoms with Gasteiger partial charge in [-0.15, -0.1) is 0 Å². The van der Waals surface area contributed by atoms with Gasteiger partial charge in [0.05, 0.1) is 0 Å². The van der Waals surface area contributed by atoms with E-state index in [-0.39, 0.29) is 17.4 Å². The first-order valence-corrected chi connectivity index (χ1v) is 10.4. The highest BCUT2D eigenvalue weighted by Crippen LogP contribution is 2.56. The molecular weight excluding hydrogens is 378 g/mol. The number of amides is 1. The molecule has 1 heterocycles. The van der Waals surface area contributed by atoms with Gasteiger partial charge >= 0.3 is 0 Å². The maximum Gasteiger partial charge on any atom is 0.247 e. The SMILES string of the molecule is C[C@H]1C[C@@H](C(=O)N2N=C(c3cc(F)ccc3F)SC23CCc2ccccc23)C1. The van der Waals surface area contributed by atoms with Gasteiger partial charge in [-0.3, -0.25) is 4.79 Å². The number of hydrogen-bond donors (Lipinski definition) is 0. The van der Waals surface area contributed by atoms with E-state index < -0.39 is 16.5 Å². The Morgan fingerprint density at radius 3 is 2.79 bits per heavy atom. The Bertz CT molecular complexity index is 1000. The lowest BCUT2D eigenvalue weighted by Crippen LogP contribution is -2.45. The largest absolute Gasteiger partial charge is 0.273 e. The number of carbonyl (C=O) groups excluding carboxylic acids is 1. The molecule has 1 aliphatic heterocycles. The number of hydrazone groups is 1. The first-order chi connectivity index (χ1) is 13.5. The van der Waals surface area contributed by atoms with Crippen LogP contribution in [-0.4, -0.2) is 16.0 Å². The summed E-state index contributed by atoms with van der Waals surface area (Å²) in [4.78, 5) is 12.6. The van der Waals surface area contributed by atoms with Crippen molar-refractivity contribution in [3.05, 3.63) is 70.8 Å². The Kier molecular flexibility index (Phi) is 4.09. The van der Waals surface area contributed by atoms with Crippen LogP contribution >= 0.6 is 11.8 Å². The van der Waals surface area contributed by atoms with Gasteiger partial charge in [0.2, 0.25) is 5.91 Å². The van der Waals surface area contributed by atoms with Gasteiger partial charge in [-0.2, -0.15) is 5.10 Å². The van der Waals surface area contributed by atoms with E-state index in [1.165, 1.54) is 17.3 Å². The predicted octanol–water partition coefficient (Wildman–Crippen LogP) is 5.05. The van der Waals surface area contributed by atoms with Crippen molar-refractivity contribution in [1.82, 2.24) is 5.01 Å². The lowest BCUT2D eigenvalue weighted by molar-refractivity contribution is -0.143. The summed E-state index contributed by atoms with van der Waals surface area (Å²) >= 11 is 1.38. The highest BCUT2D eigenvalue weighted by atomic mass is 32.2. The second-order valence-corrected chi connectivity index (χ2v) is 9.26. The fourth-order valence-electron chi connectivity index (χ4n) is 4.55. The van der Waals surface area contributed by atoms with Crippen LogP contribution in [0.5, 0.6) is 0 Å². The van der Waals surface area contributed by atoms with Crippen LogP contribution in [0, 0.1) is 23.5 Å². The number of benzene rings is 2. The monoisotopic (exact) mass is 398 g/mol. The molecule has 6 heteroatoms. The van der Waals surface area contributed by atoms with Crippen molar-refractivity contribution >= 4 is 22.7 Å². The summed E-state index contributed by atoms with van der Waals surface area (Å²) in [5.41, 5.74) is 2.35. The minimum absolute atomic E-state index is 0.00545. The maximum absolute atomic E-state index is 14.4. The third-order valence-corrected chi connectivity index (χ3v) is 7.49. The molecule has 0 aromatic heterocycles. The molecule has 0 saturated heterocycles. The highest BCUT2D eigenvalue weighted by Gasteiger charge is 2.54. The number of carbonyl (C=O) groups is 1. The normalized spacial score (nSPS) is 28.2. The van der Waals surface area contributed by atoms with Gasteiger partial charge < -0.3 is 0 Å². The summed E-state index contributed by atoms with van der Waals surface area (Å²) in [7, 11) is 0. The summed E-state index contributed by atoms with van der Waals surface area (Å²) in [5, 5.41) is 6.53. The van der Waals surface area contributed by atoms with Crippen molar-refractivity contribution in [2.75, 3.05) is 0 Å². The topological polar surface area (TPSA) is 32.7 Å². The molecular formula is C22H20F2N2OS. The average Bonchev–Trinajstić information content (AvgIpc) is 3.23. The maximum atomic E-state index is 14.4. The molecule has 1 unspecified atom stereocenters. The van der Waals surface area contributed by atoms with E-state index >= 15 is 0 Å². The lowest BCUT2D eigenvalue weighted by Gasteiger charge is -2.39. The minimum atomic E-state index is -0.666. The van der Waals surface area contributed by atoms with Crippen molar-refractivity contribution in [2.24, 2.45) is 16.9 Å². The van der Waals surface area contributed by atoms with Crippen LogP contribution in [0.2, 0.25) is 0 Å². The van der Waals surface area contributed by atoms with Crippen molar-refractivity contribution < 1.29 is 13.6 Å². The molecule has 5 rings (SSSR count). The second-order valence-electron chi connectivity index (χ2n) is 8.00. The highest BCUT2D eigenvalue weighted by molar-refractivity contribution is 8.15. The smallest absolute Gasteiger partial charge is 0.247 e. The molecule has 2 aromatic carbocycles. The number of halogens is 2. The van der Waals surface area contributed by atoms with Gasteiger partial charge in [-0.25, -0.2) is 13.8 Å². The van der Waals surface area contributed by atoms with E-state index in [4.69, 9.17) is 0 Å². The number of nitrogens with zero attached hydrogens (tertiary/aromatic N) is 2. The molecule has 1 amide bonds. The van der Waals surface area contributed by atoms with E-state index in [1.807, 2.05) is 18.2 Å². The minimum Gasteiger partial charge on any atom is -0.273 e. The zero-order valence-electron chi connectivity index (χ0n) is 15.5. The van der Waals surface area contributed by atoms with E-state index in [2.05, 4.69) is 18.1 Å². The Labute approximate surface area is 166 Å². The first-order valence-electron chi connectivity index (χ1n) is 9.63. The third kappa shape index (κ3) is 2.61. The molecule has 3 nitrogen and oxygen atoms in total. The van der Waals surface area contributed by atoms with E-state index in [9.17, 15) is 13.6 Å². The fraction of sp³-hybridized carbons (Fsp3) is 0.364. The van der Waals surface area contributed by atoms with Gasteiger partial charge in [-0.05, 0) is 60.9 Å². The molecule has 1 fully saturated rings. The summed E-state index contributed by atoms with van der Waals surface area (Å²) in [5.74, 6) is -0.547. The van der Waals surface area contributed by atoms with Crippen molar-refractivity contribution in [1.29, 1.82) is 0 Å². The summed E-state index contributed by atoms with van der Waals surface area (Å²) < 4.78 is 28.2. The summed E-state index contributed by atoms with van der Waals surface area (Å²) in [6.07, 6.45) is 3.27. The molecule has 3 aliphatic rings. The molecule has 28 heavy (non-hydrogen) atoms. The van der Waals surface area contributed by atoms with Crippen LogP contribution in [0.3, 0.4) is 0 Å². The van der Waals surface area contributed by atoms with E-state index in [1.54, 1.807) is 5.01 Å². The molecule has 1 spiro atoms. The molecule has 1 saturated carbocycles. The molecule has 2 aliphatic carbocycles. The molecule has 2 aromatic rings. The number of fused-ring (bicyclic) bond motifs is 2. The van der Waals surface area contributed by atoms with Crippen LogP contribution in [0.15, 0.2) is 47.6 Å². The summed E-state index contributed by atoms with van der Waals surface area (Å²) in [6, 6.07) is 11.4. The summed E-state index contributed by atoms with van der Waals surface area (Å²) in [6.45, 7) is 2.14. The number of aryl methyl sites for hydroxylation is 1. The Morgan fingerprint density at radius 1 is 1.21 bits per heavy atom. The molecule has 144 valence electrons. The second kappa shape index (κ2) is 6.41. The Morgan fingerprint density at radius 2 is 2.00 bits per heavy atom. The van der Waals surface area contributed by atoms with Crippen LogP contribution in [0.25, 0.3) is 0 Å². The van der Waals surface area contributed by atoms with E-state index in [0.29, 0.717) is 11.0 Å².